The van der Waals surface area contributed by atoms with Crippen molar-refractivity contribution in [2.45, 2.75) is 37.8 Å². The maximum absolute atomic E-state index is 6.08. The number of nitrogens with two attached hydrogens (primary N) is 1. The van der Waals surface area contributed by atoms with E-state index in [1.165, 1.54) is 12.8 Å². The Hall–Kier alpha value is -1.02. The van der Waals surface area contributed by atoms with Gasteiger partial charge in [0.15, 0.2) is 5.96 Å². The number of guanidine groups is 1. The number of hydrogen-bond acceptors (Lipinski definition) is 3. The summed E-state index contributed by atoms with van der Waals surface area (Å²) in [6.07, 6.45) is 4.77. The minimum atomic E-state index is 0. The van der Waals surface area contributed by atoms with Crippen LogP contribution in [-0.4, -0.2) is 32.3 Å². The van der Waals surface area contributed by atoms with Crippen molar-refractivity contribution in [2.24, 2.45) is 16.6 Å². The summed E-state index contributed by atoms with van der Waals surface area (Å²) >= 11 is 0. The largest absolute Gasteiger partial charge is 0.493 e. The van der Waals surface area contributed by atoms with Crippen molar-refractivity contribution in [3.8, 4) is 5.75 Å². The van der Waals surface area contributed by atoms with Gasteiger partial charge in [-0.15, -0.1) is 24.0 Å². The number of benzene rings is 1. The maximum atomic E-state index is 6.08. The lowest BCUT2D eigenvalue weighted by Crippen LogP contribution is -2.38. The van der Waals surface area contributed by atoms with Gasteiger partial charge in [0, 0.05) is 31.6 Å². The summed E-state index contributed by atoms with van der Waals surface area (Å²) in [6.45, 7) is 1.44. The summed E-state index contributed by atoms with van der Waals surface area (Å²) in [4.78, 5) is 4.53. The number of rotatable bonds is 4. The summed E-state index contributed by atoms with van der Waals surface area (Å²) in [5.41, 5.74) is 7.24. The smallest absolute Gasteiger partial charge is 0.189 e. The van der Waals surface area contributed by atoms with Crippen LogP contribution in [0.2, 0.25) is 0 Å². The molecule has 0 radical (unpaired) electrons. The summed E-state index contributed by atoms with van der Waals surface area (Å²) in [5, 5.41) is 3.34. The van der Waals surface area contributed by atoms with Crippen LogP contribution in [0.1, 0.15) is 37.3 Å². The average molecular weight is 431 g/mol. The van der Waals surface area contributed by atoms with E-state index in [9.17, 15) is 0 Å². The normalized spacial score (nSPS) is 26.8. The molecule has 1 fully saturated rings. The van der Waals surface area contributed by atoms with Crippen LogP contribution < -0.4 is 15.8 Å². The number of para-hydroxylation sites is 1. The zero-order valence-electron chi connectivity index (χ0n) is 13.5. The first-order chi connectivity index (χ1) is 10.8. The van der Waals surface area contributed by atoms with E-state index < -0.39 is 0 Å². The Morgan fingerprint density at radius 3 is 3.00 bits per heavy atom. The van der Waals surface area contributed by atoms with Gasteiger partial charge in [0.05, 0.1) is 18.8 Å². The molecule has 3 atom stereocenters. The van der Waals surface area contributed by atoms with Gasteiger partial charge in [-0.05, 0) is 18.9 Å². The van der Waals surface area contributed by atoms with Crippen LogP contribution in [0.25, 0.3) is 0 Å². The SMILES string of the molecule is COC1CCCC1CN=C(N)NC1CCOc2ccccc21.I. The quantitative estimate of drug-likeness (QED) is 0.437. The van der Waals surface area contributed by atoms with Gasteiger partial charge < -0.3 is 20.5 Å². The second-order valence-electron chi connectivity index (χ2n) is 6.06. The van der Waals surface area contributed by atoms with Gasteiger partial charge in [0.25, 0.3) is 0 Å². The van der Waals surface area contributed by atoms with E-state index in [1.54, 1.807) is 7.11 Å². The van der Waals surface area contributed by atoms with E-state index in [4.69, 9.17) is 15.2 Å². The summed E-state index contributed by atoms with van der Waals surface area (Å²) < 4.78 is 11.2. The van der Waals surface area contributed by atoms with E-state index in [1.807, 2.05) is 18.2 Å². The van der Waals surface area contributed by atoms with E-state index in [0.29, 0.717) is 24.6 Å². The van der Waals surface area contributed by atoms with Crippen LogP contribution in [0, 0.1) is 5.92 Å². The minimum Gasteiger partial charge on any atom is -0.493 e. The van der Waals surface area contributed by atoms with Crippen LogP contribution >= 0.6 is 24.0 Å². The molecule has 3 unspecified atom stereocenters. The number of hydrogen-bond donors (Lipinski definition) is 2. The Balaban J connectivity index is 0.00000192. The molecule has 5 nitrogen and oxygen atoms in total. The molecule has 0 amide bonds. The Labute approximate surface area is 155 Å². The third-order valence-electron chi connectivity index (χ3n) is 4.67. The molecular weight excluding hydrogens is 405 g/mol. The highest BCUT2D eigenvalue weighted by atomic mass is 127. The van der Waals surface area contributed by atoms with Gasteiger partial charge in [0.1, 0.15) is 5.75 Å². The Bertz CT molecular complexity index is 538. The lowest BCUT2D eigenvalue weighted by atomic mass is 10.0. The Morgan fingerprint density at radius 1 is 1.35 bits per heavy atom. The lowest BCUT2D eigenvalue weighted by molar-refractivity contribution is 0.0742. The van der Waals surface area contributed by atoms with Crippen molar-refractivity contribution < 1.29 is 9.47 Å². The Kier molecular flexibility index (Phi) is 6.95. The van der Waals surface area contributed by atoms with Crippen molar-refractivity contribution in [3.63, 3.8) is 0 Å². The molecule has 1 aromatic rings. The van der Waals surface area contributed by atoms with Gasteiger partial charge in [-0.25, -0.2) is 0 Å². The molecule has 128 valence electrons. The molecule has 0 saturated heterocycles. The maximum Gasteiger partial charge on any atom is 0.189 e. The molecule has 3 rings (SSSR count). The first-order valence-corrected chi connectivity index (χ1v) is 8.09. The van der Waals surface area contributed by atoms with E-state index in [2.05, 4.69) is 16.4 Å². The summed E-state index contributed by atoms with van der Waals surface area (Å²) in [6, 6.07) is 8.27. The van der Waals surface area contributed by atoms with Gasteiger partial charge in [-0.3, -0.25) is 4.99 Å². The fraction of sp³-hybridized carbons (Fsp3) is 0.588. The number of ether oxygens (including phenoxy) is 2. The molecule has 1 aliphatic carbocycles. The van der Waals surface area contributed by atoms with Crippen LogP contribution in [0.5, 0.6) is 5.75 Å². The number of halogens is 1. The van der Waals surface area contributed by atoms with E-state index in [-0.39, 0.29) is 30.0 Å². The van der Waals surface area contributed by atoms with E-state index in [0.717, 1.165) is 30.7 Å². The van der Waals surface area contributed by atoms with Crippen molar-refractivity contribution in [3.05, 3.63) is 29.8 Å². The lowest BCUT2D eigenvalue weighted by Gasteiger charge is -2.27. The van der Waals surface area contributed by atoms with Crippen LogP contribution in [0.4, 0.5) is 0 Å². The van der Waals surface area contributed by atoms with Crippen LogP contribution in [-0.2, 0) is 4.74 Å². The minimum absolute atomic E-state index is 0. The number of fused-ring (bicyclic) bond motifs is 1. The molecule has 0 spiro atoms. The molecule has 2 aliphatic rings. The van der Waals surface area contributed by atoms with Crippen LogP contribution in [0.3, 0.4) is 0 Å². The first-order valence-electron chi connectivity index (χ1n) is 8.09. The number of nitrogens with one attached hydrogen (secondary N) is 1. The fourth-order valence-corrected chi connectivity index (χ4v) is 3.45. The summed E-state index contributed by atoms with van der Waals surface area (Å²) in [7, 11) is 1.78. The molecule has 1 aliphatic heterocycles. The molecular formula is C17H26IN3O2. The molecule has 23 heavy (non-hydrogen) atoms. The van der Waals surface area contributed by atoms with E-state index >= 15 is 0 Å². The van der Waals surface area contributed by atoms with Gasteiger partial charge in [-0.2, -0.15) is 0 Å². The fourth-order valence-electron chi connectivity index (χ4n) is 3.45. The molecule has 0 bridgehead atoms. The summed E-state index contributed by atoms with van der Waals surface area (Å²) in [5.74, 6) is 1.95. The van der Waals surface area contributed by atoms with Crippen molar-refractivity contribution in [1.82, 2.24) is 5.32 Å². The third-order valence-corrected chi connectivity index (χ3v) is 4.67. The monoisotopic (exact) mass is 431 g/mol. The topological polar surface area (TPSA) is 68.9 Å². The predicted molar refractivity (Wildman–Crippen MR) is 102 cm³/mol. The number of nitrogens with zero attached hydrogens (tertiary/aromatic N) is 1. The second kappa shape index (κ2) is 8.73. The molecule has 1 saturated carbocycles. The van der Waals surface area contributed by atoms with Gasteiger partial charge >= 0.3 is 0 Å². The molecule has 3 N–H and O–H groups in total. The number of aliphatic imine (C=N–C) groups is 1. The standard InChI is InChI=1S/C17H25N3O2.HI/c1-21-15-8-4-5-12(15)11-19-17(18)20-14-9-10-22-16-7-3-2-6-13(14)16;/h2-3,6-7,12,14-15H,4-5,8-11H2,1H3,(H3,18,19,20);1H. The average Bonchev–Trinajstić information content (AvgIpc) is 3.01. The molecule has 1 heterocycles. The predicted octanol–water partition coefficient (Wildman–Crippen LogP) is 2.85. The molecule has 1 aromatic carbocycles. The zero-order chi connectivity index (χ0) is 15.4. The highest BCUT2D eigenvalue weighted by Gasteiger charge is 2.27. The zero-order valence-corrected chi connectivity index (χ0v) is 15.9. The second-order valence-corrected chi connectivity index (χ2v) is 6.06. The molecule has 6 heteroatoms. The van der Waals surface area contributed by atoms with Crippen molar-refractivity contribution >= 4 is 29.9 Å². The molecule has 0 aromatic heterocycles. The first kappa shape index (κ1) is 18.3. The van der Waals surface area contributed by atoms with Crippen molar-refractivity contribution in [1.29, 1.82) is 0 Å². The highest BCUT2D eigenvalue weighted by Crippen LogP contribution is 2.31. The van der Waals surface area contributed by atoms with Crippen molar-refractivity contribution in [2.75, 3.05) is 20.3 Å². The van der Waals surface area contributed by atoms with Gasteiger partial charge in [-0.1, -0.05) is 24.6 Å². The van der Waals surface area contributed by atoms with Crippen LogP contribution in [0.15, 0.2) is 29.3 Å². The number of methoxy groups -OCH3 is 1. The third kappa shape index (κ3) is 4.50. The highest BCUT2D eigenvalue weighted by molar-refractivity contribution is 14.0. The van der Waals surface area contributed by atoms with Gasteiger partial charge in [0.2, 0.25) is 0 Å². The Morgan fingerprint density at radius 2 is 2.17 bits per heavy atom.